The molecule has 0 aliphatic carbocycles. The van der Waals surface area contributed by atoms with Gasteiger partial charge in [-0.1, -0.05) is 30.3 Å². The maximum atomic E-state index is 13.0. The van der Waals surface area contributed by atoms with E-state index in [4.69, 9.17) is 5.73 Å². The number of primary amides is 1. The lowest BCUT2D eigenvalue weighted by atomic mass is 10.1. The minimum Gasteiger partial charge on any atom is -0.366 e. The maximum absolute atomic E-state index is 13.0. The number of nitrogens with two attached hydrogens (primary N) is 1. The number of carbonyl (C=O) groups is 2. The standard InChI is InChI=1S/C21H16N4O2S/c22-20(26)14-6-4-7-15(12-14)23-21(27)17-13-25(16-8-2-1-3-9-16)24-19(17)18-10-5-11-28-18/h1-13H,(H2,22,26)(H,23,27). The van der Waals surface area contributed by atoms with Gasteiger partial charge in [-0.15, -0.1) is 11.3 Å². The van der Waals surface area contributed by atoms with Gasteiger partial charge in [0.25, 0.3) is 5.91 Å². The molecule has 0 unspecified atom stereocenters. The number of benzene rings is 2. The smallest absolute Gasteiger partial charge is 0.259 e. The lowest BCUT2D eigenvalue weighted by Gasteiger charge is -2.06. The molecule has 0 saturated heterocycles. The molecular weight excluding hydrogens is 372 g/mol. The van der Waals surface area contributed by atoms with Crippen molar-refractivity contribution in [3.8, 4) is 16.3 Å². The van der Waals surface area contributed by atoms with E-state index >= 15 is 0 Å². The van der Waals surface area contributed by atoms with Gasteiger partial charge in [0.2, 0.25) is 5.91 Å². The van der Waals surface area contributed by atoms with Crippen LogP contribution < -0.4 is 11.1 Å². The molecular formula is C21H16N4O2S. The first-order valence-corrected chi connectivity index (χ1v) is 9.40. The first-order valence-electron chi connectivity index (χ1n) is 8.52. The number of amides is 2. The van der Waals surface area contributed by atoms with Crippen LogP contribution in [0.3, 0.4) is 0 Å². The molecule has 0 fully saturated rings. The van der Waals surface area contributed by atoms with Crippen LogP contribution in [0.25, 0.3) is 16.3 Å². The number of hydrogen-bond donors (Lipinski definition) is 2. The highest BCUT2D eigenvalue weighted by Gasteiger charge is 2.19. The molecule has 0 atom stereocenters. The number of para-hydroxylation sites is 1. The Morgan fingerprint density at radius 1 is 1.00 bits per heavy atom. The minimum atomic E-state index is -0.549. The summed E-state index contributed by atoms with van der Waals surface area (Å²) in [6, 6.07) is 20.0. The number of thiophene rings is 1. The molecule has 2 aromatic heterocycles. The summed E-state index contributed by atoms with van der Waals surface area (Å²) in [5, 5.41) is 9.39. The quantitative estimate of drug-likeness (QED) is 0.542. The summed E-state index contributed by atoms with van der Waals surface area (Å²) in [6.07, 6.45) is 1.71. The molecule has 2 heterocycles. The van der Waals surface area contributed by atoms with Crippen LogP contribution in [0.4, 0.5) is 5.69 Å². The van der Waals surface area contributed by atoms with Gasteiger partial charge in [0.05, 0.1) is 16.1 Å². The van der Waals surface area contributed by atoms with Crippen molar-refractivity contribution in [3.05, 3.63) is 89.4 Å². The van der Waals surface area contributed by atoms with Crippen LogP contribution in [0.5, 0.6) is 0 Å². The fourth-order valence-corrected chi connectivity index (χ4v) is 3.52. The van der Waals surface area contributed by atoms with Gasteiger partial charge in [-0.25, -0.2) is 4.68 Å². The number of nitrogens with one attached hydrogen (secondary N) is 1. The van der Waals surface area contributed by atoms with Gasteiger partial charge in [0, 0.05) is 17.4 Å². The number of hydrogen-bond acceptors (Lipinski definition) is 4. The van der Waals surface area contributed by atoms with Crippen LogP contribution >= 0.6 is 11.3 Å². The zero-order valence-corrected chi connectivity index (χ0v) is 15.5. The van der Waals surface area contributed by atoms with Crippen LogP contribution in [-0.4, -0.2) is 21.6 Å². The molecule has 4 rings (SSSR count). The fourth-order valence-electron chi connectivity index (χ4n) is 2.80. The third-order valence-corrected chi connectivity index (χ3v) is 5.02. The Morgan fingerprint density at radius 2 is 1.82 bits per heavy atom. The predicted molar refractivity (Wildman–Crippen MR) is 110 cm³/mol. The molecule has 2 aromatic carbocycles. The monoisotopic (exact) mass is 388 g/mol. The van der Waals surface area contributed by atoms with Gasteiger partial charge in [-0.3, -0.25) is 9.59 Å². The Hall–Kier alpha value is -3.71. The Labute approximate surface area is 165 Å². The van der Waals surface area contributed by atoms with Crippen molar-refractivity contribution in [1.29, 1.82) is 0 Å². The molecule has 0 aliphatic heterocycles. The van der Waals surface area contributed by atoms with Crippen LogP contribution in [-0.2, 0) is 0 Å². The molecule has 7 heteroatoms. The number of carbonyl (C=O) groups excluding carboxylic acids is 2. The summed E-state index contributed by atoms with van der Waals surface area (Å²) in [6.45, 7) is 0. The fraction of sp³-hybridized carbons (Fsp3) is 0. The van der Waals surface area contributed by atoms with Gasteiger partial charge in [0.15, 0.2) is 0 Å². The average molecular weight is 388 g/mol. The van der Waals surface area contributed by atoms with Crippen LogP contribution in [0.2, 0.25) is 0 Å². The predicted octanol–water partition coefficient (Wildman–Crippen LogP) is 3.95. The highest BCUT2D eigenvalue weighted by Crippen LogP contribution is 2.28. The van der Waals surface area contributed by atoms with Gasteiger partial charge >= 0.3 is 0 Å². The molecule has 6 nitrogen and oxygen atoms in total. The largest absolute Gasteiger partial charge is 0.366 e. The normalized spacial score (nSPS) is 10.6. The van der Waals surface area contributed by atoms with Crippen molar-refractivity contribution >= 4 is 28.8 Å². The Morgan fingerprint density at radius 3 is 2.54 bits per heavy atom. The molecule has 0 bridgehead atoms. The summed E-state index contributed by atoms with van der Waals surface area (Å²) in [5.74, 6) is -0.862. The first kappa shape index (κ1) is 17.7. The van der Waals surface area contributed by atoms with Crippen LogP contribution in [0.15, 0.2) is 78.3 Å². The SMILES string of the molecule is NC(=O)c1cccc(NC(=O)c2cn(-c3ccccc3)nc2-c2cccs2)c1. The summed E-state index contributed by atoms with van der Waals surface area (Å²) in [7, 11) is 0. The average Bonchev–Trinajstić information content (AvgIpc) is 3.38. The second-order valence-electron chi connectivity index (χ2n) is 6.05. The van der Waals surface area contributed by atoms with Gasteiger partial charge in [-0.2, -0.15) is 5.10 Å². The van der Waals surface area contributed by atoms with Gasteiger partial charge < -0.3 is 11.1 Å². The van der Waals surface area contributed by atoms with Crippen molar-refractivity contribution in [2.24, 2.45) is 5.73 Å². The summed E-state index contributed by atoms with van der Waals surface area (Å²) >= 11 is 1.51. The summed E-state index contributed by atoms with van der Waals surface area (Å²) in [4.78, 5) is 25.3. The number of aromatic nitrogens is 2. The van der Waals surface area contributed by atoms with E-state index < -0.39 is 5.91 Å². The van der Waals surface area contributed by atoms with Crippen molar-refractivity contribution in [3.63, 3.8) is 0 Å². The highest BCUT2D eigenvalue weighted by atomic mass is 32.1. The molecule has 4 aromatic rings. The molecule has 2 amide bonds. The third kappa shape index (κ3) is 3.56. The molecule has 3 N–H and O–H groups in total. The maximum Gasteiger partial charge on any atom is 0.259 e. The van der Waals surface area contributed by atoms with Crippen molar-refractivity contribution < 1.29 is 9.59 Å². The van der Waals surface area contributed by atoms with E-state index in [0.717, 1.165) is 10.6 Å². The minimum absolute atomic E-state index is 0.313. The number of rotatable bonds is 5. The van der Waals surface area contributed by atoms with E-state index in [-0.39, 0.29) is 5.91 Å². The van der Waals surface area contributed by atoms with Gasteiger partial charge in [-0.05, 0) is 41.8 Å². The van der Waals surface area contributed by atoms with Crippen LogP contribution in [0, 0.1) is 0 Å². The summed E-state index contributed by atoms with van der Waals surface area (Å²) in [5.41, 5.74) is 8.03. The molecule has 28 heavy (non-hydrogen) atoms. The summed E-state index contributed by atoms with van der Waals surface area (Å²) < 4.78 is 1.68. The van der Waals surface area contributed by atoms with Gasteiger partial charge in [0.1, 0.15) is 5.69 Å². The van der Waals surface area contributed by atoms with E-state index in [9.17, 15) is 9.59 Å². The lowest BCUT2D eigenvalue weighted by Crippen LogP contribution is -2.14. The second-order valence-corrected chi connectivity index (χ2v) is 7.00. The zero-order valence-electron chi connectivity index (χ0n) is 14.7. The first-order chi connectivity index (χ1) is 13.6. The zero-order chi connectivity index (χ0) is 19.5. The van der Waals surface area contributed by atoms with E-state index in [1.54, 1.807) is 35.1 Å². The van der Waals surface area contributed by atoms with Crippen molar-refractivity contribution in [2.75, 3.05) is 5.32 Å². The van der Waals surface area contributed by atoms with Crippen molar-refractivity contribution in [2.45, 2.75) is 0 Å². The topological polar surface area (TPSA) is 90.0 Å². The molecule has 138 valence electrons. The number of nitrogens with zero attached hydrogens (tertiary/aromatic N) is 2. The van der Waals surface area contributed by atoms with E-state index in [0.29, 0.717) is 22.5 Å². The Balaban J connectivity index is 1.71. The third-order valence-electron chi connectivity index (χ3n) is 4.14. The Bertz CT molecular complexity index is 1130. The lowest BCUT2D eigenvalue weighted by molar-refractivity contribution is 0.0996. The number of anilines is 1. The van der Waals surface area contributed by atoms with Crippen LogP contribution in [0.1, 0.15) is 20.7 Å². The molecule has 0 aliphatic rings. The van der Waals surface area contributed by atoms with E-state index in [1.165, 1.54) is 11.3 Å². The van der Waals surface area contributed by atoms with E-state index in [1.807, 2.05) is 47.8 Å². The van der Waals surface area contributed by atoms with Crippen molar-refractivity contribution in [1.82, 2.24) is 9.78 Å². The second kappa shape index (κ2) is 7.50. The highest BCUT2D eigenvalue weighted by molar-refractivity contribution is 7.13. The Kier molecular flexibility index (Phi) is 4.74. The van der Waals surface area contributed by atoms with E-state index in [2.05, 4.69) is 10.4 Å². The molecule has 0 spiro atoms. The molecule has 0 saturated carbocycles. The molecule has 0 radical (unpaired) electrons.